The summed E-state index contributed by atoms with van der Waals surface area (Å²) in [6.07, 6.45) is 1.92. The number of nitrogens with zero attached hydrogens (tertiary/aromatic N) is 2. The van der Waals surface area contributed by atoms with Crippen molar-refractivity contribution < 1.29 is 9.53 Å². The second kappa shape index (κ2) is 3.98. The summed E-state index contributed by atoms with van der Waals surface area (Å²) in [6, 6.07) is 0. The van der Waals surface area contributed by atoms with E-state index in [1.54, 1.807) is 0 Å². The third-order valence-corrected chi connectivity index (χ3v) is 2.49. The summed E-state index contributed by atoms with van der Waals surface area (Å²) in [5.74, 6) is 0.661. The van der Waals surface area contributed by atoms with Gasteiger partial charge in [0.15, 0.2) is 0 Å². The number of hydrogen-bond acceptors (Lipinski definition) is 3. The lowest BCUT2D eigenvalue weighted by Crippen LogP contribution is -2.44. The monoisotopic (exact) mass is 198 g/mol. The minimum atomic E-state index is -0.571. The van der Waals surface area contributed by atoms with Crippen molar-refractivity contribution in [2.24, 2.45) is 5.10 Å². The lowest BCUT2D eigenvalue weighted by molar-refractivity contribution is -0.147. The van der Waals surface area contributed by atoms with Crippen LogP contribution >= 0.6 is 0 Å². The number of rotatable bonds is 3. The fourth-order valence-electron chi connectivity index (χ4n) is 1.37. The third-order valence-electron chi connectivity index (χ3n) is 2.49. The van der Waals surface area contributed by atoms with Crippen molar-refractivity contribution in [3.05, 3.63) is 0 Å². The minimum absolute atomic E-state index is 0.0119. The molecular weight excluding hydrogens is 180 g/mol. The number of carbonyl (C=O) groups is 1. The van der Waals surface area contributed by atoms with Crippen molar-refractivity contribution in [3.8, 4) is 0 Å². The number of carbonyl (C=O) groups excluding carboxylic acids is 1. The Morgan fingerprint density at radius 3 is 2.57 bits per heavy atom. The maximum absolute atomic E-state index is 11.6. The average Bonchev–Trinajstić information content (AvgIpc) is 2.55. The smallest absolute Gasteiger partial charge is 0.246 e. The van der Waals surface area contributed by atoms with Gasteiger partial charge in [-0.15, -0.1) is 5.10 Å². The highest BCUT2D eigenvalue weighted by atomic mass is 16.6. The average molecular weight is 198 g/mol. The van der Waals surface area contributed by atoms with Gasteiger partial charge >= 0.3 is 0 Å². The summed E-state index contributed by atoms with van der Waals surface area (Å²) in [4.78, 5) is 11.6. The van der Waals surface area contributed by atoms with E-state index in [0.717, 1.165) is 12.8 Å². The maximum Gasteiger partial charge on any atom is 0.246 e. The van der Waals surface area contributed by atoms with E-state index in [2.05, 4.69) is 5.10 Å². The fraction of sp³-hybridized carbons (Fsp3) is 0.800. The molecule has 0 aromatic rings. The summed E-state index contributed by atoms with van der Waals surface area (Å²) < 4.78 is 5.64. The molecule has 1 rings (SSSR count). The van der Waals surface area contributed by atoms with E-state index in [9.17, 15) is 4.79 Å². The SMILES string of the molecule is CCC(=O)N1N=C(CC)OC1(C)CC. The molecular formula is C10H18N2O2. The molecule has 0 aliphatic carbocycles. The Hall–Kier alpha value is -1.06. The van der Waals surface area contributed by atoms with Gasteiger partial charge in [0.1, 0.15) is 0 Å². The highest BCUT2D eigenvalue weighted by Crippen LogP contribution is 2.29. The molecule has 0 aromatic carbocycles. The van der Waals surface area contributed by atoms with E-state index >= 15 is 0 Å². The van der Waals surface area contributed by atoms with Gasteiger partial charge in [0.25, 0.3) is 0 Å². The molecule has 4 nitrogen and oxygen atoms in total. The Labute approximate surface area is 84.9 Å². The van der Waals surface area contributed by atoms with Crippen LogP contribution in [0.15, 0.2) is 5.10 Å². The van der Waals surface area contributed by atoms with Crippen LogP contribution in [0.2, 0.25) is 0 Å². The van der Waals surface area contributed by atoms with Gasteiger partial charge in [-0.25, -0.2) is 0 Å². The maximum atomic E-state index is 11.6. The van der Waals surface area contributed by atoms with E-state index in [1.165, 1.54) is 5.01 Å². The molecule has 0 spiro atoms. The molecule has 1 aliphatic rings. The Bertz CT molecular complexity index is 263. The molecule has 0 saturated heterocycles. The molecule has 0 saturated carbocycles. The van der Waals surface area contributed by atoms with Crippen LogP contribution in [0.4, 0.5) is 0 Å². The first-order valence-corrected chi connectivity index (χ1v) is 5.17. The highest BCUT2D eigenvalue weighted by molar-refractivity contribution is 5.83. The number of amides is 1. The van der Waals surface area contributed by atoms with E-state index in [1.807, 2.05) is 27.7 Å². The van der Waals surface area contributed by atoms with Crippen LogP contribution in [0, 0.1) is 0 Å². The highest BCUT2D eigenvalue weighted by Gasteiger charge is 2.41. The van der Waals surface area contributed by atoms with Crippen molar-refractivity contribution in [2.45, 2.75) is 52.7 Å². The van der Waals surface area contributed by atoms with Crippen molar-refractivity contribution in [3.63, 3.8) is 0 Å². The summed E-state index contributed by atoms with van der Waals surface area (Å²) in [5, 5.41) is 5.66. The first-order chi connectivity index (χ1) is 6.57. The second-order valence-corrected chi connectivity index (χ2v) is 3.54. The van der Waals surface area contributed by atoms with Gasteiger partial charge in [-0.2, -0.15) is 5.01 Å². The molecule has 4 heteroatoms. The Kier molecular flexibility index (Phi) is 3.13. The van der Waals surface area contributed by atoms with Crippen molar-refractivity contribution in [1.82, 2.24) is 5.01 Å². The van der Waals surface area contributed by atoms with Crippen LogP contribution in [0.1, 0.15) is 47.0 Å². The largest absolute Gasteiger partial charge is 0.452 e. The van der Waals surface area contributed by atoms with Crippen LogP contribution in [-0.4, -0.2) is 22.5 Å². The zero-order chi connectivity index (χ0) is 10.8. The second-order valence-electron chi connectivity index (χ2n) is 3.54. The molecule has 0 radical (unpaired) electrons. The van der Waals surface area contributed by atoms with Crippen molar-refractivity contribution in [1.29, 1.82) is 0 Å². The number of ether oxygens (including phenoxy) is 1. The van der Waals surface area contributed by atoms with Crippen molar-refractivity contribution >= 4 is 11.8 Å². The lowest BCUT2D eigenvalue weighted by atomic mass is 10.2. The topological polar surface area (TPSA) is 41.9 Å². The molecule has 0 aromatic heterocycles. The van der Waals surface area contributed by atoms with Crippen LogP contribution in [0.5, 0.6) is 0 Å². The quantitative estimate of drug-likeness (QED) is 0.697. The summed E-state index contributed by atoms with van der Waals surface area (Å²) in [7, 11) is 0. The van der Waals surface area contributed by atoms with E-state index in [4.69, 9.17) is 4.74 Å². The van der Waals surface area contributed by atoms with Crippen LogP contribution in [-0.2, 0) is 9.53 Å². The Morgan fingerprint density at radius 2 is 2.14 bits per heavy atom. The first-order valence-electron chi connectivity index (χ1n) is 5.17. The van der Waals surface area contributed by atoms with Crippen molar-refractivity contribution in [2.75, 3.05) is 0 Å². The summed E-state index contributed by atoms with van der Waals surface area (Å²) >= 11 is 0. The zero-order valence-corrected chi connectivity index (χ0v) is 9.33. The van der Waals surface area contributed by atoms with Crippen LogP contribution in [0.3, 0.4) is 0 Å². The predicted octanol–water partition coefficient (Wildman–Crippen LogP) is 2.10. The normalized spacial score (nSPS) is 26.0. The molecule has 1 amide bonds. The predicted molar refractivity (Wildman–Crippen MR) is 54.6 cm³/mol. The molecule has 1 aliphatic heterocycles. The lowest BCUT2D eigenvalue weighted by Gasteiger charge is -2.29. The molecule has 1 unspecified atom stereocenters. The van der Waals surface area contributed by atoms with Gasteiger partial charge in [0.2, 0.25) is 17.5 Å². The number of hydrazone groups is 1. The standard InChI is InChI=1S/C10H18N2O2/c1-5-8-11-12(9(13)6-2)10(4,7-3)14-8/h5-7H2,1-4H3. The summed E-state index contributed by atoms with van der Waals surface area (Å²) in [5.41, 5.74) is -0.571. The molecule has 80 valence electrons. The molecule has 14 heavy (non-hydrogen) atoms. The molecule has 1 heterocycles. The first kappa shape index (κ1) is 11.0. The molecule has 0 fully saturated rings. The Morgan fingerprint density at radius 1 is 1.50 bits per heavy atom. The van der Waals surface area contributed by atoms with Gasteiger partial charge in [-0.05, 0) is 6.92 Å². The molecule has 0 bridgehead atoms. The van der Waals surface area contributed by atoms with Gasteiger partial charge in [-0.3, -0.25) is 4.79 Å². The third kappa shape index (κ3) is 1.74. The molecule has 0 N–H and O–H groups in total. The van der Waals surface area contributed by atoms with E-state index < -0.39 is 5.72 Å². The minimum Gasteiger partial charge on any atom is -0.452 e. The van der Waals surface area contributed by atoms with Gasteiger partial charge in [-0.1, -0.05) is 20.8 Å². The van der Waals surface area contributed by atoms with E-state index in [0.29, 0.717) is 12.3 Å². The van der Waals surface area contributed by atoms with Gasteiger partial charge in [0, 0.05) is 19.3 Å². The Balaban J connectivity index is 2.88. The van der Waals surface area contributed by atoms with Crippen LogP contribution < -0.4 is 0 Å². The summed E-state index contributed by atoms with van der Waals surface area (Å²) in [6.45, 7) is 7.68. The zero-order valence-electron chi connectivity index (χ0n) is 9.33. The molecule has 1 atom stereocenters. The fourth-order valence-corrected chi connectivity index (χ4v) is 1.37. The van der Waals surface area contributed by atoms with Gasteiger partial charge in [0.05, 0.1) is 0 Å². The van der Waals surface area contributed by atoms with Crippen LogP contribution in [0.25, 0.3) is 0 Å². The van der Waals surface area contributed by atoms with Gasteiger partial charge < -0.3 is 4.74 Å². The number of hydrogen-bond donors (Lipinski definition) is 0. The van der Waals surface area contributed by atoms with E-state index in [-0.39, 0.29) is 5.91 Å².